The fourth-order valence-corrected chi connectivity index (χ4v) is 7.69. The maximum atomic E-state index is 13.7. The van der Waals surface area contributed by atoms with Crippen LogP contribution in [0.3, 0.4) is 0 Å². The third-order valence-corrected chi connectivity index (χ3v) is 11.4. The van der Waals surface area contributed by atoms with E-state index in [1.54, 1.807) is 0 Å². The molecule has 4 heterocycles. The molecule has 0 aliphatic carbocycles. The Morgan fingerprint density at radius 3 is 1.98 bits per heavy atom. The van der Waals surface area contributed by atoms with Crippen molar-refractivity contribution in [3.05, 3.63) is 82.0 Å². The van der Waals surface area contributed by atoms with Crippen molar-refractivity contribution in [3.8, 4) is 40.1 Å². The number of carbonyl (C=O) groups is 1. The number of fused-ring (bicyclic) bond motifs is 1. The zero-order chi connectivity index (χ0) is 47.7. The number of phenolic OH excluding ortho intramolecular Hbond substituents is 3. The van der Waals surface area contributed by atoms with Gasteiger partial charge in [-0.1, -0.05) is 6.07 Å². The highest BCUT2D eigenvalue weighted by atomic mass is 16.7. The highest BCUT2D eigenvalue weighted by Crippen LogP contribution is 2.46. The van der Waals surface area contributed by atoms with Crippen LogP contribution in [0.4, 0.5) is 0 Å². The van der Waals surface area contributed by atoms with Gasteiger partial charge in [0.1, 0.15) is 120 Å². The van der Waals surface area contributed by atoms with Crippen molar-refractivity contribution in [2.45, 2.75) is 91.9 Å². The van der Waals surface area contributed by atoms with Crippen LogP contribution >= 0.6 is 0 Å². The summed E-state index contributed by atoms with van der Waals surface area (Å²) in [6.45, 7) is -2.31. The average molecular weight is 933 g/mol. The number of hydrogen-bond donors (Lipinski definition) is 13. The summed E-state index contributed by atoms with van der Waals surface area (Å²) in [5.74, 6) is -2.69. The van der Waals surface area contributed by atoms with Crippen molar-refractivity contribution in [3.63, 3.8) is 0 Å². The number of methoxy groups -OCH3 is 1. The molecule has 0 spiro atoms. The van der Waals surface area contributed by atoms with Crippen LogP contribution in [0.2, 0.25) is 0 Å². The summed E-state index contributed by atoms with van der Waals surface area (Å²) < 4.78 is 44.4. The van der Waals surface area contributed by atoms with Crippen LogP contribution in [0, 0.1) is 0 Å². The van der Waals surface area contributed by atoms with E-state index in [1.165, 1.54) is 55.7 Å². The molecule has 4 aromatic rings. The molecule has 358 valence electrons. The molecule has 0 saturated carbocycles. The lowest BCUT2D eigenvalue weighted by Gasteiger charge is -2.46. The Bertz CT molecular complexity index is 2420. The van der Waals surface area contributed by atoms with Crippen LogP contribution in [-0.4, -0.2) is 185 Å². The molecule has 23 nitrogen and oxygen atoms in total. The first-order valence-corrected chi connectivity index (χ1v) is 20.3. The third-order valence-electron chi connectivity index (χ3n) is 11.4. The molecule has 0 radical (unpaired) electrons. The van der Waals surface area contributed by atoms with Crippen molar-refractivity contribution in [1.82, 2.24) is 0 Å². The molecule has 0 bridgehead atoms. The van der Waals surface area contributed by atoms with E-state index in [2.05, 4.69) is 0 Å². The van der Waals surface area contributed by atoms with Gasteiger partial charge >= 0.3 is 5.97 Å². The zero-order valence-corrected chi connectivity index (χ0v) is 34.5. The van der Waals surface area contributed by atoms with E-state index in [4.69, 9.17) is 37.6 Å². The first-order valence-electron chi connectivity index (χ1n) is 20.3. The van der Waals surface area contributed by atoms with Gasteiger partial charge < -0.3 is 104 Å². The summed E-state index contributed by atoms with van der Waals surface area (Å²) in [5.41, 5.74) is -1.12. The van der Waals surface area contributed by atoms with E-state index in [0.29, 0.717) is 5.56 Å². The summed E-state index contributed by atoms with van der Waals surface area (Å²) in [4.78, 5) is 26.2. The van der Waals surface area contributed by atoms with Gasteiger partial charge in [-0.2, -0.15) is 0 Å². The second-order valence-electron chi connectivity index (χ2n) is 15.6. The molecule has 1 aromatic heterocycles. The van der Waals surface area contributed by atoms with E-state index in [0.717, 1.165) is 18.2 Å². The van der Waals surface area contributed by atoms with Crippen LogP contribution in [0.1, 0.15) is 17.2 Å². The molecule has 15 atom stereocenters. The number of hydrogen-bond acceptors (Lipinski definition) is 23. The Kier molecular flexibility index (Phi) is 14.8. The van der Waals surface area contributed by atoms with E-state index < -0.39 is 146 Å². The third kappa shape index (κ3) is 9.67. The average Bonchev–Trinajstić information content (AvgIpc) is 3.30. The molecule has 3 aliphatic heterocycles. The molecule has 23 heteroatoms. The minimum atomic E-state index is -2.07. The fourth-order valence-electron chi connectivity index (χ4n) is 7.69. The number of benzene rings is 3. The molecule has 3 aromatic carbocycles. The SMILES string of the molecule is COc1cc(/C=C/C(=O)OC[C@H]2O[C@@H](O[C@@H]3[C@@H](O)[C@H](O)[C@H](CO)O[C@H]3c3c(O)cc4oc(-c5ccc(O[C@@H]6O[C@H](CO)[C@@H](O)[C@H](O)[C@H]6O)cc5)cc(=O)c4c3O)[C@H](O)[C@@H](O)[C@@H]2O)ccc1O. The molecular weight excluding hydrogens is 884 g/mol. The summed E-state index contributed by atoms with van der Waals surface area (Å²) in [5, 5.41) is 137. The lowest BCUT2D eigenvalue weighted by atomic mass is 9.89. The molecule has 0 unspecified atom stereocenters. The molecule has 13 N–H and O–H groups in total. The summed E-state index contributed by atoms with van der Waals surface area (Å²) in [6.07, 6.45) is -24.2. The van der Waals surface area contributed by atoms with E-state index in [-0.39, 0.29) is 34.2 Å². The second kappa shape index (κ2) is 20.2. The lowest BCUT2D eigenvalue weighted by Crippen LogP contribution is -2.63. The Morgan fingerprint density at radius 2 is 1.32 bits per heavy atom. The van der Waals surface area contributed by atoms with Crippen LogP contribution < -0.4 is 14.9 Å². The van der Waals surface area contributed by atoms with Gasteiger partial charge in [-0.05, 0) is 48.0 Å². The van der Waals surface area contributed by atoms with E-state index >= 15 is 0 Å². The Morgan fingerprint density at radius 1 is 0.697 bits per heavy atom. The second-order valence-corrected chi connectivity index (χ2v) is 15.6. The van der Waals surface area contributed by atoms with Crippen molar-refractivity contribution in [2.24, 2.45) is 0 Å². The molecular formula is C43H48O23. The molecule has 0 amide bonds. The lowest BCUT2D eigenvalue weighted by molar-refractivity contribution is -0.342. The van der Waals surface area contributed by atoms with Gasteiger partial charge in [0.2, 0.25) is 6.29 Å². The first kappa shape index (κ1) is 48.5. The van der Waals surface area contributed by atoms with Crippen LogP contribution in [0.5, 0.6) is 28.7 Å². The number of rotatable bonds is 13. The smallest absolute Gasteiger partial charge is 0.330 e. The maximum Gasteiger partial charge on any atom is 0.330 e. The maximum absolute atomic E-state index is 13.7. The number of ether oxygens (including phenoxy) is 7. The minimum absolute atomic E-state index is 0.0779. The fraction of sp³-hybridized carbons (Fsp3) is 0.442. The summed E-state index contributed by atoms with van der Waals surface area (Å²) in [7, 11) is 1.34. The van der Waals surface area contributed by atoms with Gasteiger partial charge in [0.05, 0.1) is 25.9 Å². The van der Waals surface area contributed by atoms with Gasteiger partial charge in [0.15, 0.2) is 23.2 Å². The molecule has 66 heavy (non-hydrogen) atoms. The summed E-state index contributed by atoms with van der Waals surface area (Å²) >= 11 is 0. The van der Waals surface area contributed by atoms with Crippen molar-refractivity contribution in [2.75, 3.05) is 26.9 Å². The number of carbonyl (C=O) groups excluding carboxylic acids is 1. The Labute approximate surface area is 372 Å². The first-order chi connectivity index (χ1) is 31.4. The molecule has 3 aliphatic rings. The van der Waals surface area contributed by atoms with Crippen molar-refractivity contribution < 1.29 is 109 Å². The topological polar surface area (TPSA) is 375 Å². The monoisotopic (exact) mass is 932 g/mol. The van der Waals surface area contributed by atoms with Gasteiger partial charge in [-0.15, -0.1) is 0 Å². The number of esters is 1. The number of aliphatic hydroxyl groups is 10. The molecule has 3 fully saturated rings. The van der Waals surface area contributed by atoms with Crippen molar-refractivity contribution >= 4 is 23.0 Å². The van der Waals surface area contributed by atoms with Gasteiger partial charge in [0.25, 0.3) is 0 Å². The van der Waals surface area contributed by atoms with Crippen LogP contribution in [0.15, 0.2) is 69.9 Å². The Hall–Kier alpha value is -5.48. The normalized spacial score (nSPS) is 32.6. The predicted octanol–water partition coefficient (Wildman–Crippen LogP) is -2.63. The summed E-state index contributed by atoms with van der Waals surface area (Å²) in [6, 6.07) is 11.8. The zero-order valence-electron chi connectivity index (χ0n) is 34.5. The largest absolute Gasteiger partial charge is 0.507 e. The van der Waals surface area contributed by atoms with E-state index in [9.17, 15) is 76.0 Å². The van der Waals surface area contributed by atoms with E-state index in [1.807, 2.05) is 0 Å². The quantitative estimate of drug-likeness (QED) is 0.0482. The minimum Gasteiger partial charge on any atom is -0.507 e. The van der Waals surface area contributed by atoms with Crippen molar-refractivity contribution in [1.29, 1.82) is 0 Å². The Balaban J connectivity index is 1.11. The van der Waals surface area contributed by atoms with Gasteiger partial charge in [-0.3, -0.25) is 4.79 Å². The number of aliphatic hydroxyl groups excluding tert-OH is 10. The standard InChI is InChI=1S/C43H48O23/c1-59-23-10-16(2-8-19(23)46)3-9-28(49)60-15-27-33(52)36(55)39(58)43(65-27)66-41-37(56)32(51)25(13-44)63-40(41)30-21(48)12-24-29(34(30)53)20(47)11-22(62-24)17-4-6-18(7-5-17)61-42-38(57)35(54)31(50)26(14-45)64-42/h2-12,25-27,31-33,35-46,48,50-58H,13-15H2,1H3/b9-3+/t25-,26+,27+,31+,32+,33+,35-,36-,37-,38+,39+,40-,41+,42+,43-/m0/s1. The predicted molar refractivity (Wildman–Crippen MR) is 219 cm³/mol. The van der Waals surface area contributed by atoms with Crippen LogP contribution in [-0.2, 0) is 28.5 Å². The number of phenols is 3. The molecule has 7 rings (SSSR count). The highest BCUT2D eigenvalue weighted by Gasteiger charge is 2.52. The highest BCUT2D eigenvalue weighted by molar-refractivity contribution is 5.88. The molecule has 3 saturated heterocycles. The van der Waals surface area contributed by atoms with Gasteiger partial charge in [-0.25, -0.2) is 4.79 Å². The van der Waals surface area contributed by atoms with Gasteiger partial charge in [0, 0.05) is 23.8 Å². The van der Waals surface area contributed by atoms with Crippen LogP contribution in [0.25, 0.3) is 28.4 Å². The number of aromatic hydroxyl groups is 3.